The van der Waals surface area contributed by atoms with Crippen LogP contribution in [0, 0.1) is 0 Å². The Morgan fingerprint density at radius 3 is 2.52 bits per heavy atom. The van der Waals surface area contributed by atoms with Crippen molar-refractivity contribution in [1.82, 2.24) is 10.6 Å². The first kappa shape index (κ1) is 18.5. The minimum atomic E-state index is -0.0540. The van der Waals surface area contributed by atoms with Crippen molar-refractivity contribution in [3.8, 4) is 0 Å². The Bertz CT molecular complexity index is 698. The van der Waals surface area contributed by atoms with Gasteiger partial charge in [-0.15, -0.1) is 0 Å². The summed E-state index contributed by atoms with van der Waals surface area (Å²) in [6, 6.07) is 17.7. The molecule has 132 valence electrons. The molecule has 0 aliphatic rings. The third kappa shape index (κ3) is 6.67. The number of guanidine groups is 1. The lowest BCUT2D eigenvalue weighted by molar-refractivity contribution is 0.0953. The summed E-state index contributed by atoms with van der Waals surface area (Å²) in [6.45, 7) is 3.89. The lowest BCUT2D eigenvalue weighted by Crippen LogP contribution is -2.33. The quantitative estimate of drug-likeness (QED) is 0.511. The molecule has 0 aromatic heterocycles. The van der Waals surface area contributed by atoms with Gasteiger partial charge in [0, 0.05) is 18.7 Å². The van der Waals surface area contributed by atoms with Gasteiger partial charge in [-0.2, -0.15) is 0 Å². The van der Waals surface area contributed by atoms with Gasteiger partial charge < -0.3 is 16.4 Å². The van der Waals surface area contributed by atoms with Gasteiger partial charge in [0.15, 0.2) is 5.96 Å². The Labute approximate surface area is 149 Å². The fourth-order valence-electron chi connectivity index (χ4n) is 2.36. The van der Waals surface area contributed by atoms with Crippen molar-refractivity contribution in [1.29, 1.82) is 0 Å². The minimum absolute atomic E-state index is 0.0540. The summed E-state index contributed by atoms with van der Waals surface area (Å²) in [5, 5.41) is 5.99. The normalized spacial score (nSPS) is 11.2. The zero-order chi connectivity index (χ0) is 17.9. The number of hydrogen-bond donors (Lipinski definition) is 3. The number of benzene rings is 2. The Hall–Kier alpha value is -2.82. The van der Waals surface area contributed by atoms with Crippen LogP contribution in [0.25, 0.3) is 0 Å². The fourth-order valence-corrected chi connectivity index (χ4v) is 2.36. The van der Waals surface area contributed by atoms with Gasteiger partial charge in [-0.05, 0) is 36.1 Å². The van der Waals surface area contributed by atoms with Crippen LogP contribution >= 0.6 is 0 Å². The van der Waals surface area contributed by atoms with E-state index in [0.29, 0.717) is 24.6 Å². The number of nitrogens with zero attached hydrogens (tertiary/aromatic N) is 1. The molecule has 0 aliphatic carbocycles. The molecule has 2 rings (SSSR count). The van der Waals surface area contributed by atoms with E-state index in [9.17, 15) is 4.79 Å². The molecular weight excluding hydrogens is 312 g/mol. The van der Waals surface area contributed by atoms with E-state index in [2.05, 4.69) is 27.8 Å². The Kier molecular flexibility index (Phi) is 7.50. The molecule has 1 amide bonds. The van der Waals surface area contributed by atoms with E-state index in [4.69, 9.17) is 5.73 Å². The smallest absolute Gasteiger partial charge is 0.251 e. The summed E-state index contributed by atoms with van der Waals surface area (Å²) in [7, 11) is 0. The van der Waals surface area contributed by atoms with Crippen molar-refractivity contribution < 1.29 is 4.79 Å². The first-order valence-electron chi connectivity index (χ1n) is 8.64. The SMILES string of the molecule is CCCNC(=O)c1cccc(CN=C(N)NCCc2ccccc2)c1. The Morgan fingerprint density at radius 2 is 1.76 bits per heavy atom. The molecule has 5 nitrogen and oxygen atoms in total. The molecule has 0 bridgehead atoms. The summed E-state index contributed by atoms with van der Waals surface area (Å²) >= 11 is 0. The number of nitrogens with one attached hydrogen (secondary N) is 2. The predicted octanol–water partition coefficient (Wildman–Crippen LogP) is 2.47. The van der Waals surface area contributed by atoms with Crippen LogP contribution in [-0.2, 0) is 13.0 Å². The molecule has 0 saturated heterocycles. The van der Waals surface area contributed by atoms with E-state index in [0.717, 1.165) is 24.9 Å². The average molecular weight is 338 g/mol. The molecule has 2 aromatic rings. The van der Waals surface area contributed by atoms with Crippen molar-refractivity contribution in [2.45, 2.75) is 26.3 Å². The standard InChI is InChI=1S/C20H26N4O/c1-2-12-22-19(25)18-10-6-9-17(14-18)15-24-20(21)23-13-11-16-7-4-3-5-8-16/h3-10,14H,2,11-13,15H2,1H3,(H,22,25)(H3,21,23,24). The maximum absolute atomic E-state index is 12.0. The molecule has 0 aliphatic heterocycles. The van der Waals surface area contributed by atoms with E-state index in [1.165, 1.54) is 5.56 Å². The van der Waals surface area contributed by atoms with Crippen LogP contribution in [-0.4, -0.2) is 25.0 Å². The van der Waals surface area contributed by atoms with Gasteiger partial charge in [-0.25, -0.2) is 4.99 Å². The van der Waals surface area contributed by atoms with Crippen LogP contribution in [0.5, 0.6) is 0 Å². The van der Waals surface area contributed by atoms with Gasteiger partial charge in [0.25, 0.3) is 5.91 Å². The van der Waals surface area contributed by atoms with Gasteiger partial charge in [0.2, 0.25) is 0 Å². The molecular formula is C20H26N4O. The maximum atomic E-state index is 12.0. The number of hydrogen-bond acceptors (Lipinski definition) is 2. The van der Waals surface area contributed by atoms with Gasteiger partial charge in [-0.1, -0.05) is 49.4 Å². The van der Waals surface area contributed by atoms with E-state index in [1.807, 2.05) is 43.3 Å². The van der Waals surface area contributed by atoms with Crippen LogP contribution in [0.2, 0.25) is 0 Å². The average Bonchev–Trinajstić information content (AvgIpc) is 2.65. The number of rotatable bonds is 8. The highest BCUT2D eigenvalue weighted by molar-refractivity contribution is 5.94. The van der Waals surface area contributed by atoms with Crippen LogP contribution in [0.4, 0.5) is 0 Å². The molecule has 5 heteroatoms. The fraction of sp³-hybridized carbons (Fsp3) is 0.300. The highest BCUT2D eigenvalue weighted by Gasteiger charge is 2.05. The van der Waals surface area contributed by atoms with Gasteiger partial charge in [0.05, 0.1) is 6.54 Å². The number of amides is 1. The molecule has 25 heavy (non-hydrogen) atoms. The molecule has 0 heterocycles. The van der Waals surface area contributed by atoms with Crippen molar-refractivity contribution in [2.75, 3.05) is 13.1 Å². The van der Waals surface area contributed by atoms with E-state index >= 15 is 0 Å². The highest BCUT2D eigenvalue weighted by Crippen LogP contribution is 2.07. The topological polar surface area (TPSA) is 79.5 Å². The lowest BCUT2D eigenvalue weighted by Gasteiger charge is -2.07. The number of carbonyl (C=O) groups excluding carboxylic acids is 1. The summed E-state index contributed by atoms with van der Waals surface area (Å²) < 4.78 is 0. The second-order valence-corrected chi connectivity index (χ2v) is 5.82. The van der Waals surface area contributed by atoms with E-state index in [-0.39, 0.29) is 5.91 Å². The van der Waals surface area contributed by atoms with Crippen molar-refractivity contribution in [3.63, 3.8) is 0 Å². The monoisotopic (exact) mass is 338 g/mol. The second-order valence-electron chi connectivity index (χ2n) is 5.82. The summed E-state index contributed by atoms with van der Waals surface area (Å²) in [5.74, 6) is 0.360. The van der Waals surface area contributed by atoms with E-state index in [1.54, 1.807) is 6.07 Å². The van der Waals surface area contributed by atoms with Crippen LogP contribution in [0.3, 0.4) is 0 Å². The molecule has 2 aromatic carbocycles. The van der Waals surface area contributed by atoms with Crippen molar-refractivity contribution >= 4 is 11.9 Å². The molecule has 4 N–H and O–H groups in total. The second kappa shape index (κ2) is 10.1. The van der Waals surface area contributed by atoms with Crippen LogP contribution in [0.15, 0.2) is 59.6 Å². The Balaban J connectivity index is 1.82. The zero-order valence-corrected chi connectivity index (χ0v) is 14.7. The first-order chi connectivity index (χ1) is 12.2. The number of nitrogens with two attached hydrogens (primary N) is 1. The molecule has 0 saturated carbocycles. The minimum Gasteiger partial charge on any atom is -0.370 e. The third-order valence-corrected chi connectivity index (χ3v) is 3.72. The zero-order valence-electron chi connectivity index (χ0n) is 14.7. The van der Waals surface area contributed by atoms with Crippen LogP contribution < -0.4 is 16.4 Å². The molecule has 0 spiro atoms. The lowest BCUT2D eigenvalue weighted by atomic mass is 10.1. The number of carbonyl (C=O) groups is 1. The molecule has 0 radical (unpaired) electrons. The molecule has 0 fully saturated rings. The van der Waals surface area contributed by atoms with Crippen molar-refractivity contribution in [2.24, 2.45) is 10.7 Å². The largest absolute Gasteiger partial charge is 0.370 e. The van der Waals surface area contributed by atoms with Gasteiger partial charge in [0.1, 0.15) is 0 Å². The summed E-state index contributed by atoms with van der Waals surface area (Å²) in [6.07, 6.45) is 1.81. The molecule has 0 atom stereocenters. The van der Waals surface area contributed by atoms with E-state index < -0.39 is 0 Å². The summed E-state index contributed by atoms with van der Waals surface area (Å²) in [5.41, 5.74) is 8.77. The molecule has 0 unspecified atom stereocenters. The Morgan fingerprint density at radius 1 is 1.00 bits per heavy atom. The summed E-state index contributed by atoms with van der Waals surface area (Å²) in [4.78, 5) is 16.3. The maximum Gasteiger partial charge on any atom is 0.251 e. The predicted molar refractivity (Wildman–Crippen MR) is 103 cm³/mol. The number of aliphatic imine (C=N–C) groups is 1. The first-order valence-corrected chi connectivity index (χ1v) is 8.64. The van der Waals surface area contributed by atoms with Crippen LogP contribution in [0.1, 0.15) is 34.8 Å². The van der Waals surface area contributed by atoms with Gasteiger partial charge in [-0.3, -0.25) is 4.79 Å². The third-order valence-electron chi connectivity index (χ3n) is 3.72. The van der Waals surface area contributed by atoms with Gasteiger partial charge >= 0.3 is 0 Å². The van der Waals surface area contributed by atoms with Crippen molar-refractivity contribution in [3.05, 3.63) is 71.3 Å². The highest BCUT2D eigenvalue weighted by atomic mass is 16.1.